The van der Waals surface area contributed by atoms with E-state index in [1.807, 2.05) is 20.8 Å². The number of hydrogen-bond donors (Lipinski definition) is 1. The minimum absolute atomic E-state index is 0.237. The van der Waals surface area contributed by atoms with Crippen LogP contribution in [0.3, 0.4) is 0 Å². The third-order valence-electron chi connectivity index (χ3n) is 3.65. The van der Waals surface area contributed by atoms with Crippen LogP contribution in [-0.4, -0.2) is 48.8 Å². The van der Waals surface area contributed by atoms with Crippen molar-refractivity contribution >= 4 is 14.8 Å². The number of unbranched alkanes of at least 4 members (excludes halogenated alkanes) is 5. The Hall–Kier alpha value is -1.03. The maximum atomic E-state index is 5.87. The fourth-order valence-corrected chi connectivity index (χ4v) is 5.34. The van der Waals surface area contributed by atoms with Crippen molar-refractivity contribution in [3.63, 3.8) is 0 Å². The molecule has 0 aliphatic carbocycles. The molecule has 0 fully saturated rings. The Balaban J connectivity index is 2.11. The Morgan fingerprint density at radius 3 is 1.92 bits per heavy atom. The second-order valence-corrected chi connectivity index (χ2v) is 8.33. The summed E-state index contributed by atoms with van der Waals surface area (Å²) < 4.78 is 17.6. The van der Waals surface area contributed by atoms with Gasteiger partial charge in [0.25, 0.3) is 5.95 Å². The van der Waals surface area contributed by atoms with Crippen molar-refractivity contribution in [2.24, 2.45) is 0 Å². The normalized spacial score (nSPS) is 12.0. The molecule has 0 saturated carbocycles. The van der Waals surface area contributed by atoms with Crippen molar-refractivity contribution in [2.75, 3.05) is 25.6 Å². The molecule has 140 valence electrons. The first-order chi connectivity index (χ1) is 11.7. The van der Waals surface area contributed by atoms with E-state index in [1.54, 1.807) is 4.80 Å². The number of aryl methyl sites for hydroxylation is 1. The Kier molecular flexibility index (Phi) is 10.8. The van der Waals surface area contributed by atoms with Crippen molar-refractivity contribution in [1.29, 1.82) is 0 Å². The SMILES string of the molecule is CCO[Si](CCCCCCCCn1nnc(N)n1)(OCC)OCC. The van der Waals surface area contributed by atoms with Crippen molar-refractivity contribution < 1.29 is 13.3 Å². The fraction of sp³-hybridized carbons (Fsp3) is 0.933. The largest absolute Gasteiger partial charge is 0.500 e. The Labute approximate surface area is 146 Å². The van der Waals surface area contributed by atoms with Crippen LogP contribution in [0.4, 0.5) is 5.95 Å². The molecule has 0 amide bonds. The molecular weight excluding hydrogens is 326 g/mol. The molecule has 0 bridgehead atoms. The van der Waals surface area contributed by atoms with E-state index in [1.165, 1.54) is 19.3 Å². The van der Waals surface area contributed by atoms with Gasteiger partial charge in [-0.3, -0.25) is 0 Å². The lowest BCUT2D eigenvalue weighted by Crippen LogP contribution is -2.45. The lowest BCUT2D eigenvalue weighted by molar-refractivity contribution is 0.0706. The minimum Gasteiger partial charge on any atom is -0.374 e. The summed E-state index contributed by atoms with van der Waals surface area (Å²) in [7, 11) is -2.45. The van der Waals surface area contributed by atoms with E-state index in [4.69, 9.17) is 19.0 Å². The van der Waals surface area contributed by atoms with Crippen molar-refractivity contribution in [2.45, 2.75) is 71.9 Å². The molecule has 9 heteroatoms. The van der Waals surface area contributed by atoms with Gasteiger partial charge in [0, 0.05) is 25.9 Å². The number of hydrogen-bond acceptors (Lipinski definition) is 7. The van der Waals surface area contributed by atoms with Gasteiger partial charge < -0.3 is 19.0 Å². The molecular formula is C15H33N5O3Si. The highest BCUT2D eigenvalue weighted by molar-refractivity contribution is 6.60. The highest BCUT2D eigenvalue weighted by atomic mass is 28.4. The van der Waals surface area contributed by atoms with Crippen molar-refractivity contribution in [3.05, 3.63) is 0 Å². The highest BCUT2D eigenvalue weighted by Gasteiger charge is 2.39. The molecule has 8 nitrogen and oxygen atoms in total. The summed E-state index contributed by atoms with van der Waals surface area (Å²) in [5, 5.41) is 11.5. The topological polar surface area (TPSA) is 97.3 Å². The molecule has 1 aromatic heterocycles. The predicted molar refractivity (Wildman–Crippen MR) is 95.4 cm³/mol. The standard InChI is InChI=1S/C15H33N5O3Si/c1-4-21-24(22-5-2,23-6-3)14-12-10-8-7-9-11-13-20-18-15(16)17-19-20/h4-14H2,1-3H3,(H2,16,18). The smallest absolute Gasteiger partial charge is 0.374 e. The van der Waals surface area contributed by atoms with Gasteiger partial charge in [-0.05, 0) is 38.8 Å². The highest BCUT2D eigenvalue weighted by Crippen LogP contribution is 2.20. The summed E-state index contributed by atoms with van der Waals surface area (Å²) in [5.74, 6) is 0.237. The molecule has 0 aromatic carbocycles. The molecule has 0 aliphatic heterocycles. The summed E-state index contributed by atoms with van der Waals surface area (Å²) in [5.41, 5.74) is 5.43. The number of nitrogens with zero attached hydrogens (tertiary/aromatic N) is 4. The van der Waals surface area contributed by atoms with Crippen LogP contribution in [0.2, 0.25) is 6.04 Å². The van der Waals surface area contributed by atoms with Gasteiger partial charge in [0.05, 0.1) is 6.54 Å². The van der Waals surface area contributed by atoms with Crippen LogP contribution in [0.25, 0.3) is 0 Å². The monoisotopic (exact) mass is 359 g/mol. The quantitative estimate of drug-likeness (QED) is 0.380. The summed E-state index contributed by atoms with van der Waals surface area (Å²) in [4.78, 5) is 1.56. The van der Waals surface area contributed by atoms with Crippen LogP contribution in [0, 0.1) is 0 Å². The van der Waals surface area contributed by atoms with Gasteiger partial charge in [-0.1, -0.05) is 30.8 Å². The Morgan fingerprint density at radius 1 is 0.875 bits per heavy atom. The lowest BCUT2D eigenvalue weighted by Gasteiger charge is -2.28. The first kappa shape index (κ1) is 21.0. The van der Waals surface area contributed by atoms with Crippen LogP contribution in [-0.2, 0) is 19.8 Å². The molecule has 0 aliphatic rings. The number of tetrazole rings is 1. The predicted octanol–water partition coefficient (Wildman–Crippen LogP) is 2.64. The van der Waals surface area contributed by atoms with E-state index in [9.17, 15) is 0 Å². The Morgan fingerprint density at radius 2 is 1.42 bits per heavy atom. The first-order valence-electron chi connectivity index (χ1n) is 9.11. The maximum absolute atomic E-state index is 5.87. The van der Waals surface area contributed by atoms with Gasteiger partial charge in [-0.25, -0.2) is 0 Å². The van der Waals surface area contributed by atoms with Gasteiger partial charge in [0.2, 0.25) is 0 Å². The molecule has 0 saturated heterocycles. The summed E-state index contributed by atoms with van der Waals surface area (Å²) in [6.45, 7) is 8.71. The zero-order valence-corrected chi connectivity index (χ0v) is 16.4. The summed E-state index contributed by atoms with van der Waals surface area (Å²) in [6, 6.07) is 0.907. The molecule has 1 aromatic rings. The number of rotatable bonds is 15. The number of nitrogens with two attached hydrogens (primary N) is 1. The average Bonchev–Trinajstić information content (AvgIpc) is 2.96. The van der Waals surface area contributed by atoms with E-state index in [0.29, 0.717) is 19.8 Å². The third kappa shape index (κ3) is 8.18. The van der Waals surface area contributed by atoms with Gasteiger partial charge in [-0.2, -0.15) is 4.80 Å². The van der Waals surface area contributed by atoms with Crippen molar-refractivity contribution in [1.82, 2.24) is 20.2 Å². The zero-order chi connectivity index (χ0) is 17.7. The van der Waals surface area contributed by atoms with Gasteiger partial charge in [0.15, 0.2) is 0 Å². The van der Waals surface area contributed by atoms with Crippen LogP contribution < -0.4 is 5.73 Å². The van der Waals surface area contributed by atoms with Gasteiger partial charge >= 0.3 is 8.80 Å². The second kappa shape index (κ2) is 12.3. The van der Waals surface area contributed by atoms with Crippen LogP contribution in [0.5, 0.6) is 0 Å². The van der Waals surface area contributed by atoms with Crippen LogP contribution >= 0.6 is 0 Å². The molecule has 0 radical (unpaired) electrons. The van der Waals surface area contributed by atoms with E-state index in [-0.39, 0.29) is 5.95 Å². The number of anilines is 1. The first-order valence-corrected chi connectivity index (χ1v) is 11.0. The summed E-state index contributed by atoms with van der Waals surface area (Å²) in [6.07, 6.45) is 6.89. The van der Waals surface area contributed by atoms with Crippen molar-refractivity contribution in [3.8, 4) is 0 Å². The zero-order valence-electron chi connectivity index (χ0n) is 15.4. The number of aromatic nitrogens is 4. The lowest BCUT2D eigenvalue weighted by atomic mass is 10.1. The molecule has 0 unspecified atom stereocenters. The number of nitrogen functional groups attached to an aromatic ring is 1. The average molecular weight is 360 g/mol. The van der Waals surface area contributed by atoms with E-state index >= 15 is 0 Å². The summed E-state index contributed by atoms with van der Waals surface area (Å²) >= 11 is 0. The van der Waals surface area contributed by atoms with Gasteiger partial charge in [-0.15, -0.1) is 5.10 Å². The van der Waals surface area contributed by atoms with Crippen LogP contribution in [0.1, 0.15) is 59.3 Å². The molecule has 0 spiro atoms. The van der Waals surface area contributed by atoms with E-state index in [2.05, 4.69) is 15.4 Å². The third-order valence-corrected chi connectivity index (χ3v) is 6.80. The molecule has 2 N–H and O–H groups in total. The van der Waals surface area contributed by atoms with E-state index in [0.717, 1.165) is 31.9 Å². The minimum atomic E-state index is -2.45. The maximum Gasteiger partial charge on any atom is 0.500 e. The van der Waals surface area contributed by atoms with Gasteiger partial charge in [0.1, 0.15) is 0 Å². The Bertz CT molecular complexity index is 416. The van der Waals surface area contributed by atoms with Crippen LogP contribution in [0.15, 0.2) is 0 Å². The molecule has 0 atom stereocenters. The van der Waals surface area contributed by atoms with E-state index < -0.39 is 8.80 Å². The fourth-order valence-electron chi connectivity index (χ4n) is 2.65. The molecule has 1 heterocycles. The second-order valence-electron chi connectivity index (χ2n) is 5.60. The molecule has 1 rings (SSSR count). The molecule has 24 heavy (non-hydrogen) atoms.